The van der Waals surface area contributed by atoms with Crippen molar-refractivity contribution < 1.29 is 5.11 Å². The third kappa shape index (κ3) is 14.1. The Morgan fingerprint density at radius 2 is 1.35 bits per heavy atom. The molecule has 0 aliphatic carbocycles. The van der Waals surface area contributed by atoms with Crippen molar-refractivity contribution in [1.29, 1.82) is 0 Å². The Bertz CT molecular complexity index is 213. The fourth-order valence-electron chi connectivity index (χ4n) is 2.30. The average Bonchev–Trinajstić information content (AvgIpc) is 2.43. The van der Waals surface area contributed by atoms with Gasteiger partial charge in [0.1, 0.15) is 0 Å². The molecule has 0 fully saturated rings. The van der Waals surface area contributed by atoms with Crippen molar-refractivity contribution in [2.75, 3.05) is 0 Å². The zero-order chi connectivity index (χ0) is 15.1. The van der Waals surface area contributed by atoms with Crippen LogP contribution in [0, 0.1) is 6.92 Å². The van der Waals surface area contributed by atoms with Crippen LogP contribution in [0.15, 0.2) is 12.2 Å². The van der Waals surface area contributed by atoms with Crippen molar-refractivity contribution in [2.24, 2.45) is 5.73 Å². The third-order valence-electron chi connectivity index (χ3n) is 3.75. The lowest BCUT2D eigenvalue weighted by molar-refractivity contribution is 0.207. The first kappa shape index (κ1) is 19.7. The molecule has 0 heterocycles. The molecule has 0 aliphatic rings. The largest absolute Gasteiger partial charge is 0.387 e. The molecule has 1 radical (unpaired) electrons. The van der Waals surface area contributed by atoms with Gasteiger partial charge in [-0.2, -0.15) is 0 Å². The molecule has 0 aromatic carbocycles. The van der Waals surface area contributed by atoms with Gasteiger partial charge in [-0.15, -0.1) is 0 Å². The fraction of sp³-hybridized carbons (Fsp3) is 0.833. The van der Waals surface area contributed by atoms with E-state index in [0.29, 0.717) is 0 Å². The van der Waals surface area contributed by atoms with Gasteiger partial charge in [0.15, 0.2) is 0 Å². The highest BCUT2D eigenvalue weighted by atomic mass is 16.3. The van der Waals surface area contributed by atoms with E-state index in [4.69, 9.17) is 5.73 Å². The zero-order valence-corrected chi connectivity index (χ0v) is 13.5. The lowest BCUT2D eigenvalue weighted by Gasteiger charge is -2.08. The molecule has 20 heavy (non-hydrogen) atoms. The van der Waals surface area contributed by atoms with Gasteiger partial charge >= 0.3 is 0 Å². The van der Waals surface area contributed by atoms with Gasteiger partial charge in [-0.3, -0.25) is 0 Å². The van der Waals surface area contributed by atoms with E-state index in [1.807, 2.05) is 6.08 Å². The first-order chi connectivity index (χ1) is 9.68. The summed E-state index contributed by atoms with van der Waals surface area (Å²) in [7, 11) is 0. The second-order valence-corrected chi connectivity index (χ2v) is 5.91. The molecular weight excluding hydrogens is 246 g/mol. The number of rotatable bonds is 14. The van der Waals surface area contributed by atoms with Crippen molar-refractivity contribution >= 4 is 0 Å². The van der Waals surface area contributed by atoms with E-state index < -0.39 is 12.1 Å². The molecule has 3 N–H and O–H groups in total. The summed E-state index contributed by atoms with van der Waals surface area (Å²) in [5.41, 5.74) is 5.47. The second kappa shape index (κ2) is 15.1. The maximum Gasteiger partial charge on any atom is 0.0871 e. The van der Waals surface area contributed by atoms with Gasteiger partial charge in [0.25, 0.3) is 0 Å². The van der Waals surface area contributed by atoms with E-state index in [-0.39, 0.29) is 0 Å². The molecule has 0 saturated carbocycles. The molecule has 0 saturated heterocycles. The molecule has 0 rings (SSSR count). The van der Waals surface area contributed by atoms with Gasteiger partial charge in [0, 0.05) is 6.04 Å². The van der Waals surface area contributed by atoms with Crippen molar-refractivity contribution in [1.82, 2.24) is 0 Å². The average molecular weight is 282 g/mol. The van der Waals surface area contributed by atoms with Crippen molar-refractivity contribution in [3.8, 4) is 0 Å². The van der Waals surface area contributed by atoms with E-state index in [2.05, 4.69) is 13.8 Å². The number of aliphatic hydroxyl groups is 1. The highest BCUT2D eigenvalue weighted by Crippen LogP contribution is 2.12. The first-order valence-electron chi connectivity index (χ1n) is 8.62. The third-order valence-corrected chi connectivity index (χ3v) is 3.75. The maximum atomic E-state index is 9.43. The molecule has 0 amide bonds. The molecule has 119 valence electrons. The van der Waals surface area contributed by atoms with E-state index >= 15 is 0 Å². The van der Waals surface area contributed by atoms with Gasteiger partial charge in [-0.1, -0.05) is 83.3 Å². The van der Waals surface area contributed by atoms with Crippen LogP contribution in [0.3, 0.4) is 0 Å². The normalized spacial score (nSPS) is 14.8. The molecule has 2 heteroatoms. The summed E-state index contributed by atoms with van der Waals surface area (Å²) in [6.07, 6.45) is 19.3. The van der Waals surface area contributed by atoms with Crippen molar-refractivity contribution in [3.63, 3.8) is 0 Å². The Labute approximate surface area is 126 Å². The molecule has 2 atom stereocenters. The van der Waals surface area contributed by atoms with Gasteiger partial charge in [-0.05, 0) is 19.8 Å². The summed E-state index contributed by atoms with van der Waals surface area (Å²) in [6.45, 7) is 5.86. The van der Waals surface area contributed by atoms with Gasteiger partial charge in [-0.25, -0.2) is 0 Å². The molecule has 0 bridgehead atoms. The predicted molar refractivity (Wildman–Crippen MR) is 89.6 cm³/mol. The minimum Gasteiger partial charge on any atom is -0.387 e. The van der Waals surface area contributed by atoms with Crippen molar-refractivity contribution in [2.45, 2.75) is 96.1 Å². The molecule has 0 aromatic heterocycles. The predicted octanol–water partition coefficient (Wildman–Crippen LogP) is 4.77. The second-order valence-electron chi connectivity index (χ2n) is 5.91. The van der Waals surface area contributed by atoms with Gasteiger partial charge in [0.05, 0.1) is 6.10 Å². The van der Waals surface area contributed by atoms with Crippen LogP contribution in [0.1, 0.15) is 84.0 Å². The summed E-state index contributed by atoms with van der Waals surface area (Å²) in [6, 6.07) is -0.413. The SMILES string of the molecule is [CH2]C(N)C(O)C=CCCCCCCCCCCCCC. The Kier molecular flexibility index (Phi) is 14.8. The lowest BCUT2D eigenvalue weighted by atomic mass is 10.0. The Hall–Kier alpha value is -0.340. The van der Waals surface area contributed by atoms with Gasteiger partial charge in [0.2, 0.25) is 0 Å². The Balaban J connectivity index is 3.13. The van der Waals surface area contributed by atoms with E-state index in [1.165, 1.54) is 70.6 Å². The summed E-state index contributed by atoms with van der Waals surface area (Å²) < 4.78 is 0. The number of nitrogens with two attached hydrogens (primary N) is 1. The highest BCUT2D eigenvalue weighted by Gasteiger charge is 2.03. The van der Waals surface area contributed by atoms with Crippen LogP contribution in [-0.4, -0.2) is 17.3 Å². The monoisotopic (exact) mass is 282 g/mol. The maximum absolute atomic E-state index is 9.43. The minimum absolute atomic E-state index is 0.413. The number of hydrogen-bond acceptors (Lipinski definition) is 2. The topological polar surface area (TPSA) is 46.2 Å². The number of aliphatic hydroxyl groups excluding tert-OH is 1. The van der Waals surface area contributed by atoms with Crippen LogP contribution in [-0.2, 0) is 0 Å². The van der Waals surface area contributed by atoms with Gasteiger partial charge < -0.3 is 10.8 Å². The first-order valence-corrected chi connectivity index (χ1v) is 8.62. The van der Waals surface area contributed by atoms with Crippen LogP contribution in [0.4, 0.5) is 0 Å². The number of allylic oxidation sites excluding steroid dienone is 1. The summed E-state index contributed by atoms with van der Waals surface area (Å²) >= 11 is 0. The fourth-order valence-corrected chi connectivity index (χ4v) is 2.30. The number of unbranched alkanes of at least 4 members (excludes halogenated alkanes) is 11. The zero-order valence-electron chi connectivity index (χ0n) is 13.5. The van der Waals surface area contributed by atoms with E-state index in [9.17, 15) is 5.11 Å². The Morgan fingerprint density at radius 1 is 0.900 bits per heavy atom. The van der Waals surface area contributed by atoms with E-state index in [1.54, 1.807) is 6.08 Å². The molecule has 0 spiro atoms. The quantitative estimate of drug-likeness (QED) is 0.356. The molecule has 2 nitrogen and oxygen atoms in total. The smallest absolute Gasteiger partial charge is 0.0871 e. The minimum atomic E-state index is -0.595. The van der Waals surface area contributed by atoms with Crippen LogP contribution >= 0.6 is 0 Å². The summed E-state index contributed by atoms with van der Waals surface area (Å²) in [5.74, 6) is 0. The molecule has 2 unspecified atom stereocenters. The van der Waals surface area contributed by atoms with Crippen LogP contribution in [0.25, 0.3) is 0 Å². The lowest BCUT2D eigenvalue weighted by Crippen LogP contribution is -2.29. The summed E-state index contributed by atoms with van der Waals surface area (Å²) in [5, 5.41) is 9.43. The Morgan fingerprint density at radius 3 is 1.80 bits per heavy atom. The highest BCUT2D eigenvalue weighted by molar-refractivity contribution is 4.94. The standard InChI is InChI=1S/C18H36NO/c1-3-4-5-6-7-8-9-10-11-12-13-14-15-16-18(20)17(2)19/h15-18,20H,2-14,19H2,1H3. The molecule has 0 aliphatic heterocycles. The molecular formula is C18H36NO. The number of hydrogen-bond donors (Lipinski definition) is 2. The van der Waals surface area contributed by atoms with Crippen LogP contribution < -0.4 is 5.73 Å². The van der Waals surface area contributed by atoms with Crippen LogP contribution in [0.2, 0.25) is 0 Å². The summed E-state index contributed by atoms with van der Waals surface area (Å²) in [4.78, 5) is 0. The van der Waals surface area contributed by atoms with Crippen molar-refractivity contribution in [3.05, 3.63) is 19.1 Å². The van der Waals surface area contributed by atoms with Crippen LogP contribution in [0.5, 0.6) is 0 Å². The molecule has 0 aromatic rings. The van der Waals surface area contributed by atoms with E-state index in [0.717, 1.165) is 6.42 Å².